The first-order valence-electron chi connectivity index (χ1n) is 4.49. The fourth-order valence-corrected chi connectivity index (χ4v) is 1.60. The second-order valence-electron chi connectivity index (χ2n) is 3.33. The molecule has 2 unspecified atom stereocenters. The summed E-state index contributed by atoms with van der Waals surface area (Å²) in [5.74, 6) is 0. The SMILES string of the molecule is CC(CP)NC1CCNCC1. The molecule has 2 atom stereocenters. The second-order valence-corrected chi connectivity index (χ2v) is 3.80. The van der Waals surface area contributed by atoms with E-state index in [-0.39, 0.29) is 0 Å². The highest BCUT2D eigenvalue weighted by atomic mass is 31.0. The predicted octanol–water partition coefficient (Wildman–Crippen LogP) is 0.592. The molecule has 0 saturated carbocycles. The quantitative estimate of drug-likeness (QED) is 0.612. The first kappa shape index (κ1) is 9.44. The molecule has 0 aromatic heterocycles. The molecule has 1 aliphatic heterocycles. The van der Waals surface area contributed by atoms with Gasteiger partial charge in [0.25, 0.3) is 0 Å². The molecule has 11 heavy (non-hydrogen) atoms. The molecule has 3 heteroatoms. The third-order valence-electron chi connectivity index (χ3n) is 2.21. The molecular formula is C8H19N2P. The molecule has 0 bridgehead atoms. The molecule has 2 nitrogen and oxygen atoms in total. The topological polar surface area (TPSA) is 24.1 Å². The molecule has 2 N–H and O–H groups in total. The van der Waals surface area contributed by atoms with E-state index in [0.717, 1.165) is 12.2 Å². The van der Waals surface area contributed by atoms with Gasteiger partial charge in [-0.3, -0.25) is 0 Å². The van der Waals surface area contributed by atoms with Gasteiger partial charge in [-0.05, 0) is 39.0 Å². The van der Waals surface area contributed by atoms with Crippen molar-refractivity contribution in [2.24, 2.45) is 0 Å². The van der Waals surface area contributed by atoms with Gasteiger partial charge in [-0.1, -0.05) is 0 Å². The van der Waals surface area contributed by atoms with Crippen LogP contribution < -0.4 is 10.6 Å². The summed E-state index contributed by atoms with van der Waals surface area (Å²) >= 11 is 0. The monoisotopic (exact) mass is 174 g/mol. The number of hydrogen-bond acceptors (Lipinski definition) is 2. The van der Waals surface area contributed by atoms with Crippen molar-refractivity contribution in [3.8, 4) is 0 Å². The van der Waals surface area contributed by atoms with Gasteiger partial charge in [0.2, 0.25) is 0 Å². The lowest BCUT2D eigenvalue weighted by molar-refractivity contribution is 0.366. The molecule has 1 fully saturated rings. The molecule has 1 saturated heterocycles. The van der Waals surface area contributed by atoms with Gasteiger partial charge in [0, 0.05) is 12.1 Å². The fourth-order valence-electron chi connectivity index (χ4n) is 1.46. The van der Waals surface area contributed by atoms with Gasteiger partial charge in [0.05, 0.1) is 0 Å². The van der Waals surface area contributed by atoms with E-state index in [9.17, 15) is 0 Å². The van der Waals surface area contributed by atoms with Crippen molar-refractivity contribution in [2.75, 3.05) is 19.3 Å². The van der Waals surface area contributed by atoms with Gasteiger partial charge >= 0.3 is 0 Å². The van der Waals surface area contributed by atoms with Crippen LogP contribution in [0.15, 0.2) is 0 Å². The Bertz CT molecular complexity index is 102. The maximum atomic E-state index is 3.61. The van der Waals surface area contributed by atoms with Crippen molar-refractivity contribution < 1.29 is 0 Å². The number of rotatable bonds is 3. The van der Waals surface area contributed by atoms with Gasteiger partial charge in [-0.15, -0.1) is 9.24 Å². The highest BCUT2D eigenvalue weighted by Crippen LogP contribution is 2.03. The second kappa shape index (κ2) is 5.08. The van der Waals surface area contributed by atoms with Crippen LogP contribution in [0, 0.1) is 0 Å². The van der Waals surface area contributed by atoms with Crippen LogP contribution in [0.3, 0.4) is 0 Å². The highest BCUT2D eigenvalue weighted by Gasteiger charge is 2.13. The van der Waals surface area contributed by atoms with Crippen molar-refractivity contribution in [1.82, 2.24) is 10.6 Å². The predicted molar refractivity (Wildman–Crippen MR) is 53.1 cm³/mol. The molecule has 0 aliphatic carbocycles. The van der Waals surface area contributed by atoms with Gasteiger partial charge in [-0.2, -0.15) is 0 Å². The van der Waals surface area contributed by atoms with Crippen LogP contribution in [-0.2, 0) is 0 Å². The van der Waals surface area contributed by atoms with Gasteiger partial charge in [0.15, 0.2) is 0 Å². The maximum absolute atomic E-state index is 3.61. The lowest BCUT2D eigenvalue weighted by Gasteiger charge is -2.26. The zero-order valence-corrected chi connectivity index (χ0v) is 8.42. The maximum Gasteiger partial charge on any atom is 0.00938 e. The fraction of sp³-hybridized carbons (Fsp3) is 1.00. The van der Waals surface area contributed by atoms with E-state index in [0.29, 0.717) is 6.04 Å². The molecule has 1 aliphatic rings. The average molecular weight is 174 g/mol. The van der Waals surface area contributed by atoms with E-state index < -0.39 is 0 Å². The van der Waals surface area contributed by atoms with Crippen LogP contribution in [0.25, 0.3) is 0 Å². The van der Waals surface area contributed by atoms with Crippen LogP contribution in [0.2, 0.25) is 0 Å². The minimum atomic E-state index is 0.656. The van der Waals surface area contributed by atoms with E-state index in [4.69, 9.17) is 0 Å². The summed E-state index contributed by atoms with van der Waals surface area (Å²) in [6.07, 6.45) is 3.73. The minimum Gasteiger partial charge on any atom is -0.317 e. The summed E-state index contributed by atoms with van der Waals surface area (Å²) in [6, 6.07) is 1.41. The Morgan fingerprint density at radius 3 is 2.73 bits per heavy atom. The third kappa shape index (κ3) is 3.50. The number of nitrogens with one attached hydrogen (secondary N) is 2. The van der Waals surface area contributed by atoms with Crippen LogP contribution >= 0.6 is 9.24 Å². The summed E-state index contributed by atoms with van der Waals surface area (Å²) in [6.45, 7) is 4.61. The van der Waals surface area contributed by atoms with Crippen LogP contribution in [0.5, 0.6) is 0 Å². The first-order chi connectivity index (χ1) is 5.33. The van der Waals surface area contributed by atoms with E-state index in [1.54, 1.807) is 0 Å². The molecule has 1 heterocycles. The van der Waals surface area contributed by atoms with Gasteiger partial charge in [0.1, 0.15) is 0 Å². The van der Waals surface area contributed by atoms with E-state index in [1.807, 2.05) is 0 Å². The molecule has 0 radical (unpaired) electrons. The minimum absolute atomic E-state index is 0.656. The molecule has 1 rings (SSSR count). The van der Waals surface area contributed by atoms with E-state index >= 15 is 0 Å². The first-order valence-corrected chi connectivity index (χ1v) is 5.31. The Morgan fingerprint density at radius 1 is 1.55 bits per heavy atom. The normalized spacial score (nSPS) is 23.5. The standard InChI is InChI=1S/C8H19N2P/c1-7(6-11)10-8-2-4-9-5-3-8/h7-10H,2-6,11H2,1H3. The van der Waals surface area contributed by atoms with Crippen molar-refractivity contribution in [1.29, 1.82) is 0 Å². The Morgan fingerprint density at radius 2 is 2.18 bits per heavy atom. The average Bonchev–Trinajstić information content (AvgIpc) is 2.06. The number of hydrogen-bond donors (Lipinski definition) is 2. The Kier molecular flexibility index (Phi) is 4.36. The molecular weight excluding hydrogens is 155 g/mol. The summed E-state index contributed by atoms with van der Waals surface area (Å²) < 4.78 is 0. The molecule has 0 aromatic rings. The Balaban J connectivity index is 2.13. The molecule has 0 aromatic carbocycles. The Hall–Kier alpha value is 0.350. The molecule has 0 amide bonds. The van der Waals surface area contributed by atoms with Gasteiger partial charge in [-0.25, -0.2) is 0 Å². The van der Waals surface area contributed by atoms with Crippen molar-refractivity contribution in [3.63, 3.8) is 0 Å². The number of piperidine rings is 1. The van der Waals surface area contributed by atoms with Crippen LogP contribution in [-0.4, -0.2) is 31.3 Å². The molecule has 0 spiro atoms. The lowest BCUT2D eigenvalue weighted by Crippen LogP contribution is -2.44. The highest BCUT2D eigenvalue weighted by molar-refractivity contribution is 7.16. The van der Waals surface area contributed by atoms with Crippen molar-refractivity contribution in [3.05, 3.63) is 0 Å². The van der Waals surface area contributed by atoms with Crippen LogP contribution in [0.1, 0.15) is 19.8 Å². The van der Waals surface area contributed by atoms with Crippen molar-refractivity contribution in [2.45, 2.75) is 31.8 Å². The largest absolute Gasteiger partial charge is 0.317 e. The van der Waals surface area contributed by atoms with E-state index in [1.165, 1.54) is 25.9 Å². The zero-order valence-electron chi connectivity index (χ0n) is 7.27. The van der Waals surface area contributed by atoms with Gasteiger partial charge < -0.3 is 10.6 Å². The molecule has 66 valence electrons. The van der Waals surface area contributed by atoms with E-state index in [2.05, 4.69) is 26.8 Å². The summed E-state index contributed by atoms with van der Waals surface area (Å²) in [5, 5.41) is 6.97. The smallest absolute Gasteiger partial charge is 0.00938 e. The van der Waals surface area contributed by atoms with Crippen molar-refractivity contribution >= 4 is 9.24 Å². The summed E-state index contributed by atoms with van der Waals surface area (Å²) in [7, 11) is 2.78. The Labute approximate surface area is 71.7 Å². The summed E-state index contributed by atoms with van der Waals surface area (Å²) in [4.78, 5) is 0. The van der Waals surface area contributed by atoms with Crippen LogP contribution in [0.4, 0.5) is 0 Å². The summed E-state index contributed by atoms with van der Waals surface area (Å²) in [5.41, 5.74) is 0. The lowest BCUT2D eigenvalue weighted by atomic mass is 10.1. The third-order valence-corrected chi connectivity index (χ3v) is 2.92. The zero-order chi connectivity index (χ0) is 8.10.